The number of ether oxygens (including phenoxy) is 1. The summed E-state index contributed by atoms with van der Waals surface area (Å²) >= 11 is 0. The summed E-state index contributed by atoms with van der Waals surface area (Å²) in [6.07, 6.45) is 3.74. The Balaban J connectivity index is 1.26. The van der Waals surface area contributed by atoms with Crippen LogP contribution in [0.5, 0.6) is 11.5 Å². The number of allylic oxidation sites excluding steroid dienone is 1. The van der Waals surface area contributed by atoms with Crippen LogP contribution in [0.1, 0.15) is 50.1 Å². The fraction of sp³-hybridized carbons (Fsp3) is 0.167. The SMILES string of the molecule is CC1(C)C2=C(c3cc(Oc4ccc5c6ccccc6n(-c6ccccn6)c5c4)ccc31)c1ncccc1C2(C)C. The molecule has 0 amide bonds. The monoisotopic (exact) mass is 519 g/mol. The van der Waals surface area contributed by atoms with E-state index in [1.807, 2.05) is 30.6 Å². The molecule has 3 aromatic heterocycles. The number of fused-ring (bicyclic) bond motifs is 7. The maximum atomic E-state index is 6.58. The summed E-state index contributed by atoms with van der Waals surface area (Å²) in [5.41, 5.74) is 9.72. The molecule has 0 bridgehead atoms. The molecule has 40 heavy (non-hydrogen) atoms. The zero-order valence-corrected chi connectivity index (χ0v) is 23.1. The van der Waals surface area contributed by atoms with Gasteiger partial charge in [-0.1, -0.05) is 64.1 Å². The van der Waals surface area contributed by atoms with Gasteiger partial charge >= 0.3 is 0 Å². The third-order valence-corrected chi connectivity index (χ3v) is 8.91. The molecule has 0 atom stereocenters. The van der Waals surface area contributed by atoms with E-state index in [0.29, 0.717) is 0 Å². The lowest BCUT2D eigenvalue weighted by molar-refractivity contribution is 0.481. The smallest absolute Gasteiger partial charge is 0.137 e. The van der Waals surface area contributed by atoms with Crippen LogP contribution in [-0.2, 0) is 10.8 Å². The van der Waals surface area contributed by atoms with E-state index in [2.05, 4.69) is 110 Å². The van der Waals surface area contributed by atoms with Gasteiger partial charge < -0.3 is 4.74 Å². The second-order valence-corrected chi connectivity index (χ2v) is 11.9. The van der Waals surface area contributed by atoms with Crippen LogP contribution in [0.4, 0.5) is 0 Å². The van der Waals surface area contributed by atoms with E-state index < -0.39 is 0 Å². The highest BCUT2D eigenvalue weighted by Gasteiger charge is 2.51. The number of hydrogen-bond acceptors (Lipinski definition) is 3. The fourth-order valence-corrected chi connectivity index (χ4v) is 7.39. The molecular formula is C36H29N3O. The lowest BCUT2D eigenvalue weighted by Crippen LogP contribution is -2.30. The minimum Gasteiger partial charge on any atom is -0.457 e. The average molecular weight is 520 g/mol. The molecule has 0 saturated heterocycles. The summed E-state index contributed by atoms with van der Waals surface area (Å²) in [6, 6.07) is 31.7. The summed E-state index contributed by atoms with van der Waals surface area (Å²) in [5, 5.41) is 2.37. The molecule has 4 heteroatoms. The van der Waals surface area contributed by atoms with Crippen molar-refractivity contribution in [3.05, 3.63) is 131 Å². The van der Waals surface area contributed by atoms with Crippen LogP contribution >= 0.6 is 0 Å². The van der Waals surface area contributed by atoms with E-state index in [9.17, 15) is 0 Å². The number of benzene rings is 3. The third kappa shape index (κ3) is 3.02. The minimum absolute atomic E-state index is 0.0770. The van der Waals surface area contributed by atoms with Crippen LogP contribution in [-0.4, -0.2) is 14.5 Å². The molecule has 0 fully saturated rings. The topological polar surface area (TPSA) is 39.9 Å². The molecule has 0 radical (unpaired) electrons. The molecule has 0 unspecified atom stereocenters. The number of hydrogen-bond donors (Lipinski definition) is 0. The number of pyridine rings is 2. The number of nitrogens with zero attached hydrogens (tertiary/aromatic N) is 3. The van der Waals surface area contributed by atoms with Crippen molar-refractivity contribution < 1.29 is 4.74 Å². The Kier molecular flexibility index (Phi) is 4.60. The second kappa shape index (κ2) is 7.92. The number of para-hydroxylation sites is 1. The van der Waals surface area contributed by atoms with Gasteiger partial charge in [0.15, 0.2) is 0 Å². The fourth-order valence-electron chi connectivity index (χ4n) is 7.39. The summed E-state index contributed by atoms with van der Waals surface area (Å²) in [7, 11) is 0. The minimum atomic E-state index is -0.0874. The van der Waals surface area contributed by atoms with E-state index in [1.54, 1.807) is 0 Å². The Morgan fingerprint density at radius 3 is 2.20 bits per heavy atom. The predicted octanol–water partition coefficient (Wildman–Crippen LogP) is 8.75. The summed E-state index contributed by atoms with van der Waals surface area (Å²) in [4.78, 5) is 9.52. The second-order valence-electron chi connectivity index (χ2n) is 11.9. The number of aromatic nitrogens is 3. The Morgan fingerprint density at radius 2 is 1.35 bits per heavy atom. The Bertz CT molecular complexity index is 2030. The van der Waals surface area contributed by atoms with Crippen molar-refractivity contribution in [1.82, 2.24) is 14.5 Å². The Labute approximate surface area is 233 Å². The summed E-state index contributed by atoms with van der Waals surface area (Å²) < 4.78 is 8.79. The van der Waals surface area contributed by atoms with E-state index in [4.69, 9.17) is 9.72 Å². The van der Waals surface area contributed by atoms with Gasteiger partial charge in [-0.25, -0.2) is 4.98 Å². The molecule has 8 rings (SSSR count). The van der Waals surface area contributed by atoms with Crippen molar-refractivity contribution in [2.24, 2.45) is 0 Å². The first-order chi connectivity index (χ1) is 19.4. The van der Waals surface area contributed by atoms with Crippen LogP contribution in [0.2, 0.25) is 0 Å². The zero-order chi connectivity index (χ0) is 27.2. The maximum Gasteiger partial charge on any atom is 0.137 e. The highest BCUT2D eigenvalue weighted by Crippen LogP contribution is 2.60. The van der Waals surface area contributed by atoms with Gasteiger partial charge in [-0.15, -0.1) is 0 Å². The van der Waals surface area contributed by atoms with Gasteiger partial charge in [0.1, 0.15) is 17.3 Å². The quantitative estimate of drug-likeness (QED) is 0.235. The van der Waals surface area contributed by atoms with Crippen LogP contribution < -0.4 is 4.74 Å². The first kappa shape index (κ1) is 23.2. The molecule has 3 aromatic carbocycles. The van der Waals surface area contributed by atoms with Crippen LogP contribution in [0, 0.1) is 0 Å². The Hall–Kier alpha value is -4.70. The normalized spacial score (nSPS) is 16.3. The molecule has 0 aliphatic heterocycles. The van der Waals surface area contributed by atoms with Crippen LogP contribution in [0.25, 0.3) is 33.2 Å². The summed E-state index contributed by atoms with van der Waals surface area (Å²) in [6.45, 7) is 9.34. The molecule has 194 valence electrons. The maximum absolute atomic E-state index is 6.58. The number of rotatable bonds is 3. The Morgan fingerprint density at radius 1 is 0.625 bits per heavy atom. The molecule has 2 aliphatic rings. The van der Waals surface area contributed by atoms with Gasteiger partial charge in [0.05, 0.1) is 16.7 Å². The molecule has 0 spiro atoms. The predicted molar refractivity (Wildman–Crippen MR) is 161 cm³/mol. The van der Waals surface area contributed by atoms with E-state index in [0.717, 1.165) is 34.0 Å². The van der Waals surface area contributed by atoms with Gasteiger partial charge in [0, 0.05) is 45.6 Å². The lowest BCUT2D eigenvalue weighted by atomic mass is 9.68. The lowest BCUT2D eigenvalue weighted by Gasteiger charge is -2.34. The van der Waals surface area contributed by atoms with Crippen molar-refractivity contribution in [1.29, 1.82) is 0 Å². The van der Waals surface area contributed by atoms with Gasteiger partial charge in [-0.2, -0.15) is 0 Å². The van der Waals surface area contributed by atoms with Crippen molar-refractivity contribution in [3.63, 3.8) is 0 Å². The van der Waals surface area contributed by atoms with Crippen molar-refractivity contribution in [2.45, 2.75) is 38.5 Å². The average Bonchev–Trinajstić information content (AvgIpc) is 3.51. The van der Waals surface area contributed by atoms with E-state index in [1.165, 1.54) is 38.6 Å². The van der Waals surface area contributed by atoms with Crippen molar-refractivity contribution >= 4 is 27.4 Å². The van der Waals surface area contributed by atoms with Gasteiger partial charge in [-0.05, 0) is 70.8 Å². The van der Waals surface area contributed by atoms with Gasteiger partial charge in [-0.3, -0.25) is 9.55 Å². The standard InChI is InChI=1S/C36H29N3O/c1-35(2)27-17-15-22(20-26(27)32-33-28(11-9-19-38-33)36(3,4)34(32)35)40-23-14-16-25-24-10-5-6-12-29(24)39(30(25)21-23)31-13-7-8-18-37-31/h5-21H,1-4H3. The largest absolute Gasteiger partial charge is 0.457 e. The molecule has 3 heterocycles. The third-order valence-electron chi connectivity index (χ3n) is 8.91. The van der Waals surface area contributed by atoms with Crippen LogP contribution in [0.15, 0.2) is 109 Å². The van der Waals surface area contributed by atoms with Crippen molar-refractivity contribution in [2.75, 3.05) is 0 Å². The molecule has 0 N–H and O–H groups in total. The highest BCUT2D eigenvalue weighted by molar-refractivity contribution is 6.09. The molecule has 2 aliphatic carbocycles. The molecular weight excluding hydrogens is 490 g/mol. The van der Waals surface area contributed by atoms with Crippen LogP contribution in [0.3, 0.4) is 0 Å². The molecule has 4 nitrogen and oxygen atoms in total. The zero-order valence-electron chi connectivity index (χ0n) is 23.1. The first-order valence-corrected chi connectivity index (χ1v) is 13.8. The van der Waals surface area contributed by atoms with Gasteiger partial charge in [0.2, 0.25) is 0 Å². The van der Waals surface area contributed by atoms with E-state index in [-0.39, 0.29) is 10.8 Å². The molecule has 6 aromatic rings. The molecule has 0 saturated carbocycles. The van der Waals surface area contributed by atoms with E-state index >= 15 is 0 Å². The van der Waals surface area contributed by atoms with Crippen molar-refractivity contribution in [3.8, 4) is 17.3 Å². The highest BCUT2D eigenvalue weighted by atomic mass is 16.5. The first-order valence-electron chi connectivity index (χ1n) is 13.8. The van der Waals surface area contributed by atoms with Gasteiger partial charge in [0.25, 0.3) is 0 Å². The summed E-state index contributed by atoms with van der Waals surface area (Å²) in [5.74, 6) is 2.51.